The minimum absolute atomic E-state index is 0.000926. The van der Waals surface area contributed by atoms with Gasteiger partial charge in [0.25, 0.3) is 0 Å². The van der Waals surface area contributed by atoms with Gasteiger partial charge in [0.15, 0.2) is 0 Å². The van der Waals surface area contributed by atoms with Crippen LogP contribution in [0.3, 0.4) is 0 Å². The van der Waals surface area contributed by atoms with Crippen LogP contribution in [0, 0.1) is 5.41 Å². The van der Waals surface area contributed by atoms with Crippen molar-refractivity contribution in [1.82, 2.24) is 9.80 Å². The monoisotopic (exact) mass is 226 g/mol. The normalized spacial score (nSPS) is 25.9. The van der Waals surface area contributed by atoms with E-state index in [1.54, 1.807) is 9.80 Å². The highest BCUT2D eigenvalue weighted by Gasteiger charge is 2.33. The highest BCUT2D eigenvalue weighted by atomic mass is 16.5. The van der Waals surface area contributed by atoms with E-state index in [4.69, 9.17) is 15.9 Å². The number of likely N-dealkylation sites (tertiary alicyclic amines) is 1. The van der Waals surface area contributed by atoms with Crippen molar-refractivity contribution in [2.45, 2.75) is 18.9 Å². The van der Waals surface area contributed by atoms with Crippen molar-refractivity contribution in [1.29, 1.82) is 5.41 Å². The predicted octanol–water partition coefficient (Wildman–Crippen LogP) is -0.161. The number of nitrogens with zero attached hydrogens (tertiary/aromatic N) is 2. The number of ether oxygens (including phenoxy) is 1. The summed E-state index contributed by atoms with van der Waals surface area (Å²) in [6.07, 6.45) is 1.74. The summed E-state index contributed by atoms with van der Waals surface area (Å²) >= 11 is 0. The summed E-state index contributed by atoms with van der Waals surface area (Å²) in [5, 5.41) is 7.47. The number of carbonyl (C=O) groups excluding carboxylic acids is 1. The van der Waals surface area contributed by atoms with Gasteiger partial charge in [0.2, 0.25) is 0 Å². The Labute approximate surface area is 94.8 Å². The molecule has 0 spiro atoms. The second-order valence-electron chi connectivity index (χ2n) is 4.19. The molecule has 90 valence electrons. The molecule has 2 aliphatic rings. The molecule has 0 radical (unpaired) electrons. The van der Waals surface area contributed by atoms with Gasteiger partial charge in [-0.2, -0.15) is 0 Å². The fraction of sp³-hybridized carbons (Fsp3) is 0.800. The Hall–Kier alpha value is -1.30. The molecule has 0 bridgehead atoms. The molecule has 1 unspecified atom stereocenters. The third kappa shape index (κ3) is 2.11. The van der Waals surface area contributed by atoms with E-state index in [1.165, 1.54) is 0 Å². The van der Waals surface area contributed by atoms with E-state index in [2.05, 4.69) is 0 Å². The maximum Gasteiger partial charge on any atom is 0.320 e. The van der Waals surface area contributed by atoms with Crippen LogP contribution in [0.15, 0.2) is 0 Å². The Morgan fingerprint density at radius 2 is 2.00 bits per heavy atom. The number of urea groups is 1. The fourth-order valence-electron chi connectivity index (χ4n) is 2.26. The topological polar surface area (TPSA) is 82.7 Å². The van der Waals surface area contributed by atoms with Crippen LogP contribution >= 0.6 is 0 Å². The molecule has 2 amide bonds. The SMILES string of the molecule is N=C(N)C1CCCN1C(=O)N1CCOCC1. The first kappa shape index (κ1) is 11.2. The highest BCUT2D eigenvalue weighted by molar-refractivity contribution is 5.88. The number of nitrogens with two attached hydrogens (primary N) is 1. The second kappa shape index (κ2) is 4.69. The predicted molar refractivity (Wildman–Crippen MR) is 59.4 cm³/mol. The standard InChI is InChI=1S/C10H18N4O2/c11-9(12)8-2-1-3-14(8)10(15)13-4-6-16-7-5-13/h8H,1-7H2,(H3,11,12). The summed E-state index contributed by atoms with van der Waals surface area (Å²) in [5.74, 6) is 0.0964. The molecular weight excluding hydrogens is 208 g/mol. The van der Waals surface area contributed by atoms with Crippen LogP contribution in [0.1, 0.15) is 12.8 Å². The van der Waals surface area contributed by atoms with Crippen LogP contribution in [-0.4, -0.2) is 60.6 Å². The molecule has 0 aliphatic carbocycles. The molecule has 6 heteroatoms. The zero-order chi connectivity index (χ0) is 11.5. The number of rotatable bonds is 1. The minimum Gasteiger partial charge on any atom is -0.386 e. The average molecular weight is 226 g/mol. The summed E-state index contributed by atoms with van der Waals surface area (Å²) in [4.78, 5) is 15.7. The Bertz CT molecular complexity index is 289. The number of nitrogens with one attached hydrogen (secondary N) is 1. The van der Waals surface area contributed by atoms with Gasteiger partial charge in [0.1, 0.15) is 5.84 Å². The van der Waals surface area contributed by atoms with Crippen molar-refractivity contribution in [2.24, 2.45) is 5.73 Å². The summed E-state index contributed by atoms with van der Waals surface area (Å²) < 4.78 is 5.21. The van der Waals surface area contributed by atoms with E-state index >= 15 is 0 Å². The van der Waals surface area contributed by atoms with E-state index in [-0.39, 0.29) is 17.9 Å². The van der Waals surface area contributed by atoms with Crippen LogP contribution in [-0.2, 0) is 4.74 Å². The number of hydrogen-bond donors (Lipinski definition) is 2. The van der Waals surface area contributed by atoms with Gasteiger partial charge < -0.3 is 20.3 Å². The van der Waals surface area contributed by atoms with Gasteiger partial charge in [0.05, 0.1) is 19.3 Å². The quantitative estimate of drug-likeness (QED) is 0.481. The molecule has 0 aromatic heterocycles. The molecule has 0 aromatic carbocycles. The van der Waals surface area contributed by atoms with E-state index in [0.717, 1.165) is 12.8 Å². The largest absolute Gasteiger partial charge is 0.386 e. The molecule has 1 atom stereocenters. The average Bonchev–Trinajstić information content (AvgIpc) is 2.78. The van der Waals surface area contributed by atoms with Gasteiger partial charge in [-0.3, -0.25) is 5.41 Å². The molecule has 2 saturated heterocycles. The molecular formula is C10H18N4O2. The smallest absolute Gasteiger partial charge is 0.320 e. The fourth-order valence-corrected chi connectivity index (χ4v) is 2.26. The zero-order valence-electron chi connectivity index (χ0n) is 9.32. The maximum absolute atomic E-state index is 12.2. The number of hydrogen-bond acceptors (Lipinski definition) is 3. The third-order valence-electron chi connectivity index (χ3n) is 3.14. The summed E-state index contributed by atoms with van der Waals surface area (Å²) in [5.41, 5.74) is 5.50. The van der Waals surface area contributed by atoms with Crippen LogP contribution in [0.5, 0.6) is 0 Å². The van der Waals surface area contributed by atoms with Crippen molar-refractivity contribution in [3.05, 3.63) is 0 Å². The van der Waals surface area contributed by atoms with Crippen molar-refractivity contribution in [3.63, 3.8) is 0 Å². The molecule has 0 saturated carbocycles. The number of amides is 2. The minimum atomic E-state index is -0.199. The molecule has 2 rings (SSSR count). The molecule has 6 nitrogen and oxygen atoms in total. The lowest BCUT2D eigenvalue weighted by Crippen LogP contribution is -2.52. The van der Waals surface area contributed by atoms with Crippen LogP contribution in [0.25, 0.3) is 0 Å². The van der Waals surface area contributed by atoms with Gasteiger partial charge in [-0.15, -0.1) is 0 Å². The first-order chi connectivity index (χ1) is 7.70. The third-order valence-corrected chi connectivity index (χ3v) is 3.14. The molecule has 2 aliphatic heterocycles. The van der Waals surface area contributed by atoms with Crippen molar-refractivity contribution in [2.75, 3.05) is 32.8 Å². The van der Waals surface area contributed by atoms with Crippen LogP contribution in [0.4, 0.5) is 4.79 Å². The van der Waals surface area contributed by atoms with Gasteiger partial charge in [-0.25, -0.2) is 4.79 Å². The summed E-state index contributed by atoms with van der Waals surface area (Å²) in [6, 6.07) is -0.198. The lowest BCUT2D eigenvalue weighted by Gasteiger charge is -2.33. The molecule has 3 N–H and O–H groups in total. The van der Waals surface area contributed by atoms with E-state index in [9.17, 15) is 4.79 Å². The summed E-state index contributed by atoms with van der Waals surface area (Å²) in [7, 11) is 0. The first-order valence-electron chi connectivity index (χ1n) is 5.67. The number of morpholine rings is 1. The molecule has 2 fully saturated rings. The van der Waals surface area contributed by atoms with Crippen molar-refractivity contribution < 1.29 is 9.53 Å². The van der Waals surface area contributed by atoms with E-state index in [0.29, 0.717) is 32.8 Å². The van der Waals surface area contributed by atoms with Crippen molar-refractivity contribution >= 4 is 11.9 Å². The Balaban J connectivity index is 1.99. The van der Waals surface area contributed by atoms with Gasteiger partial charge in [-0.05, 0) is 12.8 Å². The van der Waals surface area contributed by atoms with Gasteiger partial charge in [-0.1, -0.05) is 0 Å². The number of carbonyl (C=O) groups is 1. The molecule has 16 heavy (non-hydrogen) atoms. The summed E-state index contributed by atoms with van der Waals surface area (Å²) in [6.45, 7) is 3.19. The highest BCUT2D eigenvalue weighted by Crippen LogP contribution is 2.19. The Morgan fingerprint density at radius 3 is 2.62 bits per heavy atom. The van der Waals surface area contributed by atoms with Crippen LogP contribution < -0.4 is 5.73 Å². The molecule has 2 heterocycles. The van der Waals surface area contributed by atoms with Crippen molar-refractivity contribution in [3.8, 4) is 0 Å². The lowest BCUT2D eigenvalue weighted by atomic mass is 10.2. The lowest BCUT2D eigenvalue weighted by molar-refractivity contribution is 0.0439. The van der Waals surface area contributed by atoms with Gasteiger partial charge in [0, 0.05) is 19.6 Å². The zero-order valence-corrected chi connectivity index (χ0v) is 9.32. The van der Waals surface area contributed by atoms with E-state index in [1.807, 2.05) is 0 Å². The maximum atomic E-state index is 12.2. The van der Waals surface area contributed by atoms with Crippen LogP contribution in [0.2, 0.25) is 0 Å². The first-order valence-corrected chi connectivity index (χ1v) is 5.67. The second-order valence-corrected chi connectivity index (χ2v) is 4.19. The number of amidine groups is 1. The van der Waals surface area contributed by atoms with E-state index < -0.39 is 0 Å². The van der Waals surface area contributed by atoms with Gasteiger partial charge >= 0.3 is 6.03 Å². The molecule has 0 aromatic rings. The Kier molecular flexibility index (Phi) is 3.28. The Morgan fingerprint density at radius 1 is 1.31 bits per heavy atom.